The third-order valence-corrected chi connectivity index (χ3v) is 3.57. The topological polar surface area (TPSA) is 29.5 Å². The molecule has 2 rings (SSSR count). The fourth-order valence-corrected chi connectivity index (χ4v) is 2.32. The second-order valence-electron chi connectivity index (χ2n) is 4.60. The molecule has 1 aliphatic rings. The molecule has 1 aromatic rings. The minimum atomic E-state index is 0.198. The van der Waals surface area contributed by atoms with Crippen LogP contribution in [0.2, 0.25) is 0 Å². The van der Waals surface area contributed by atoms with Crippen LogP contribution in [0.1, 0.15) is 12.0 Å². The smallest absolute Gasteiger partial charge is 0.223 e. The first-order valence-corrected chi connectivity index (χ1v) is 6.78. The summed E-state index contributed by atoms with van der Waals surface area (Å²) in [4.78, 5) is 13.5. The summed E-state index contributed by atoms with van der Waals surface area (Å²) in [5, 5.41) is 0. The number of carbonyl (C=O) groups is 1. The number of hydrogen-bond donors (Lipinski definition) is 0. The van der Waals surface area contributed by atoms with Gasteiger partial charge in [-0.2, -0.15) is 0 Å². The van der Waals surface area contributed by atoms with E-state index in [2.05, 4.69) is 0 Å². The van der Waals surface area contributed by atoms with Crippen molar-refractivity contribution in [2.24, 2.45) is 5.92 Å². The molecular formula is C14H18ClNO2. The molecule has 0 N–H and O–H groups in total. The van der Waals surface area contributed by atoms with Gasteiger partial charge in [-0.15, -0.1) is 11.6 Å². The van der Waals surface area contributed by atoms with Gasteiger partial charge in [0.25, 0.3) is 0 Å². The quantitative estimate of drug-likeness (QED) is 0.585. The van der Waals surface area contributed by atoms with Crippen LogP contribution >= 0.6 is 11.6 Å². The van der Waals surface area contributed by atoms with Crippen LogP contribution in [0.3, 0.4) is 0 Å². The van der Waals surface area contributed by atoms with Gasteiger partial charge in [0.05, 0.1) is 13.2 Å². The molecule has 1 heterocycles. The van der Waals surface area contributed by atoms with Crippen LogP contribution in [0.15, 0.2) is 30.3 Å². The Morgan fingerprint density at radius 2 is 2.11 bits per heavy atom. The fourth-order valence-electron chi connectivity index (χ4n) is 2.11. The van der Waals surface area contributed by atoms with Gasteiger partial charge in [0.1, 0.15) is 0 Å². The van der Waals surface area contributed by atoms with Crippen LogP contribution in [0.25, 0.3) is 0 Å². The highest BCUT2D eigenvalue weighted by Gasteiger charge is 2.28. The van der Waals surface area contributed by atoms with Crippen LogP contribution in [-0.4, -0.2) is 36.4 Å². The lowest BCUT2D eigenvalue weighted by Gasteiger charge is -2.16. The molecule has 1 aromatic carbocycles. The van der Waals surface area contributed by atoms with Crippen molar-refractivity contribution < 1.29 is 9.53 Å². The average Bonchev–Trinajstić information content (AvgIpc) is 2.77. The first kappa shape index (κ1) is 13.4. The molecule has 1 aliphatic heterocycles. The van der Waals surface area contributed by atoms with Crippen LogP contribution in [0.5, 0.6) is 0 Å². The first-order chi connectivity index (χ1) is 8.79. The van der Waals surface area contributed by atoms with Crippen molar-refractivity contribution in [2.45, 2.75) is 13.0 Å². The van der Waals surface area contributed by atoms with Crippen molar-refractivity contribution >= 4 is 17.5 Å². The van der Waals surface area contributed by atoms with E-state index >= 15 is 0 Å². The molecule has 3 nitrogen and oxygen atoms in total. The highest BCUT2D eigenvalue weighted by atomic mass is 35.5. The molecule has 0 aromatic heterocycles. The second-order valence-corrected chi connectivity index (χ2v) is 4.91. The van der Waals surface area contributed by atoms with Gasteiger partial charge in [-0.3, -0.25) is 4.79 Å². The number of hydrogen-bond acceptors (Lipinski definition) is 2. The maximum atomic E-state index is 11.6. The molecule has 0 radical (unpaired) electrons. The van der Waals surface area contributed by atoms with Crippen molar-refractivity contribution in [2.75, 3.05) is 25.6 Å². The average molecular weight is 268 g/mol. The molecule has 0 spiro atoms. The number of halogens is 1. The predicted molar refractivity (Wildman–Crippen MR) is 71.5 cm³/mol. The van der Waals surface area contributed by atoms with E-state index in [1.165, 1.54) is 0 Å². The Balaban J connectivity index is 1.65. The van der Waals surface area contributed by atoms with Gasteiger partial charge >= 0.3 is 0 Å². The zero-order chi connectivity index (χ0) is 12.8. The molecule has 4 heteroatoms. The Kier molecular flexibility index (Phi) is 5.02. The zero-order valence-corrected chi connectivity index (χ0v) is 11.1. The van der Waals surface area contributed by atoms with Gasteiger partial charge in [-0.25, -0.2) is 0 Å². The van der Waals surface area contributed by atoms with Crippen LogP contribution in [0.4, 0.5) is 0 Å². The number of benzene rings is 1. The second kappa shape index (κ2) is 6.76. The summed E-state index contributed by atoms with van der Waals surface area (Å²) in [7, 11) is 0. The summed E-state index contributed by atoms with van der Waals surface area (Å²) in [6, 6.07) is 10.0. The Bertz CT molecular complexity index is 383. The third-order valence-electron chi connectivity index (χ3n) is 3.13. The van der Waals surface area contributed by atoms with Crippen molar-refractivity contribution in [1.82, 2.24) is 4.90 Å². The van der Waals surface area contributed by atoms with Gasteiger partial charge in [0.2, 0.25) is 5.91 Å². The number of carbonyl (C=O) groups excluding carboxylic acids is 1. The minimum Gasteiger partial charge on any atom is -0.375 e. The molecule has 0 bridgehead atoms. The molecule has 0 saturated carbocycles. The molecule has 1 fully saturated rings. The van der Waals surface area contributed by atoms with Crippen molar-refractivity contribution in [1.29, 1.82) is 0 Å². The lowest BCUT2D eigenvalue weighted by molar-refractivity contribution is -0.128. The fraction of sp³-hybridized carbons (Fsp3) is 0.500. The van der Waals surface area contributed by atoms with E-state index in [1.807, 2.05) is 35.2 Å². The van der Waals surface area contributed by atoms with Crippen molar-refractivity contribution in [3.8, 4) is 0 Å². The maximum Gasteiger partial charge on any atom is 0.223 e. The largest absolute Gasteiger partial charge is 0.375 e. The Labute approximate surface area is 113 Å². The lowest BCUT2D eigenvalue weighted by atomic mass is 10.2. The van der Waals surface area contributed by atoms with E-state index in [1.54, 1.807) is 0 Å². The maximum absolute atomic E-state index is 11.6. The van der Waals surface area contributed by atoms with Crippen molar-refractivity contribution in [3.63, 3.8) is 0 Å². The van der Waals surface area contributed by atoms with Gasteiger partial charge in [-0.1, -0.05) is 30.3 Å². The molecule has 1 amide bonds. The van der Waals surface area contributed by atoms with Crippen LogP contribution in [0, 0.1) is 5.92 Å². The lowest BCUT2D eigenvalue weighted by Crippen LogP contribution is -2.29. The van der Waals surface area contributed by atoms with Crippen LogP contribution in [-0.2, 0) is 16.1 Å². The molecule has 1 atom stereocenters. The number of alkyl halides is 1. The van der Waals surface area contributed by atoms with Gasteiger partial charge in [-0.05, 0) is 11.5 Å². The number of amides is 1. The summed E-state index contributed by atoms with van der Waals surface area (Å²) in [6.45, 7) is 2.62. The van der Waals surface area contributed by atoms with Gasteiger partial charge in [0, 0.05) is 25.4 Å². The summed E-state index contributed by atoms with van der Waals surface area (Å²) in [5.41, 5.74) is 1.16. The van der Waals surface area contributed by atoms with E-state index < -0.39 is 0 Å². The Morgan fingerprint density at radius 1 is 1.33 bits per heavy atom. The predicted octanol–water partition coefficient (Wildman–Crippen LogP) is 2.29. The molecule has 0 aliphatic carbocycles. The van der Waals surface area contributed by atoms with E-state index in [9.17, 15) is 4.79 Å². The standard InChI is InChI=1S/C14H18ClNO2/c15-9-13-8-14(17)16(10-13)6-7-18-11-12-4-2-1-3-5-12/h1-5,13H,6-11H2. The van der Waals surface area contributed by atoms with E-state index in [4.69, 9.17) is 16.3 Å². The summed E-state index contributed by atoms with van der Waals surface area (Å²) >= 11 is 5.77. The third kappa shape index (κ3) is 3.72. The van der Waals surface area contributed by atoms with Crippen molar-refractivity contribution in [3.05, 3.63) is 35.9 Å². The molecule has 18 heavy (non-hydrogen) atoms. The first-order valence-electron chi connectivity index (χ1n) is 6.25. The summed E-state index contributed by atoms with van der Waals surface area (Å²) in [6.07, 6.45) is 0.586. The Morgan fingerprint density at radius 3 is 2.78 bits per heavy atom. The number of ether oxygens (including phenoxy) is 1. The van der Waals surface area contributed by atoms with E-state index in [0.717, 1.165) is 12.1 Å². The number of rotatable bonds is 6. The highest BCUT2D eigenvalue weighted by Crippen LogP contribution is 2.18. The van der Waals surface area contributed by atoms with E-state index in [-0.39, 0.29) is 5.91 Å². The van der Waals surface area contributed by atoms with Gasteiger partial charge < -0.3 is 9.64 Å². The van der Waals surface area contributed by atoms with Crippen LogP contribution < -0.4 is 0 Å². The monoisotopic (exact) mass is 267 g/mol. The van der Waals surface area contributed by atoms with E-state index in [0.29, 0.717) is 38.0 Å². The highest BCUT2D eigenvalue weighted by molar-refractivity contribution is 6.18. The molecule has 1 unspecified atom stereocenters. The molecular weight excluding hydrogens is 250 g/mol. The SMILES string of the molecule is O=C1CC(CCl)CN1CCOCc1ccccc1. The van der Waals surface area contributed by atoms with Gasteiger partial charge in [0.15, 0.2) is 0 Å². The minimum absolute atomic E-state index is 0.198. The summed E-state index contributed by atoms with van der Waals surface area (Å²) < 4.78 is 5.57. The molecule has 1 saturated heterocycles. The number of nitrogens with zero attached hydrogens (tertiary/aromatic N) is 1. The summed E-state index contributed by atoms with van der Waals surface area (Å²) in [5.74, 6) is 1.07. The zero-order valence-electron chi connectivity index (χ0n) is 10.3. The Hall–Kier alpha value is -1.06. The normalized spacial score (nSPS) is 19.5. The molecule has 98 valence electrons. The number of likely N-dealkylation sites (tertiary alicyclic amines) is 1.